The standard InChI is InChI=1S/C20H18O4/c1-12(2)15-8-9-17(19-16(10-15)11-18(21)24-19)13-4-6-14(7-5-13)20(22)23-3/h4-12H,1-3H3. The number of furan rings is 1. The van der Waals surface area contributed by atoms with E-state index in [1.165, 1.54) is 13.2 Å². The Kier molecular flexibility index (Phi) is 4.21. The quantitative estimate of drug-likeness (QED) is 0.674. The summed E-state index contributed by atoms with van der Waals surface area (Å²) in [5.74, 6) is 0.505. The molecule has 0 saturated heterocycles. The Morgan fingerprint density at radius 1 is 1.00 bits per heavy atom. The fourth-order valence-corrected chi connectivity index (χ4v) is 2.67. The zero-order valence-corrected chi connectivity index (χ0v) is 13.8. The molecule has 0 fully saturated rings. The van der Waals surface area contributed by atoms with Crippen LogP contribution in [0.25, 0.3) is 22.5 Å². The highest BCUT2D eigenvalue weighted by Crippen LogP contribution is 2.34. The summed E-state index contributed by atoms with van der Waals surface area (Å²) in [7, 11) is 1.35. The molecule has 1 aromatic rings. The van der Waals surface area contributed by atoms with Crippen molar-refractivity contribution in [3.8, 4) is 22.5 Å². The van der Waals surface area contributed by atoms with Gasteiger partial charge in [0.15, 0.2) is 0 Å². The SMILES string of the molecule is COC(=O)c1ccc(-c2ccc(C(C)C)cc3cc(=O)oc2-3)cc1. The van der Waals surface area contributed by atoms with Crippen LogP contribution in [0, 0.1) is 0 Å². The number of fused-ring (bicyclic) bond motifs is 1. The number of hydrogen-bond acceptors (Lipinski definition) is 4. The predicted octanol–water partition coefficient (Wildman–Crippen LogP) is 4.32. The summed E-state index contributed by atoms with van der Waals surface area (Å²) in [6.07, 6.45) is 0. The number of methoxy groups -OCH3 is 1. The molecule has 1 aromatic carbocycles. The van der Waals surface area contributed by atoms with Crippen LogP contribution in [0.5, 0.6) is 0 Å². The van der Waals surface area contributed by atoms with Gasteiger partial charge in [0, 0.05) is 17.2 Å². The summed E-state index contributed by atoms with van der Waals surface area (Å²) in [6, 6.07) is 14.5. The third-order valence-corrected chi connectivity index (χ3v) is 4.03. The molecule has 122 valence electrons. The first-order chi connectivity index (χ1) is 11.5. The molecule has 0 unspecified atom stereocenters. The summed E-state index contributed by atoms with van der Waals surface area (Å²) in [4.78, 5) is 23.3. The molecule has 0 aromatic heterocycles. The lowest BCUT2D eigenvalue weighted by Gasteiger charge is -2.04. The first kappa shape index (κ1) is 16.0. The van der Waals surface area contributed by atoms with Gasteiger partial charge in [0.05, 0.1) is 12.7 Å². The third-order valence-electron chi connectivity index (χ3n) is 4.03. The van der Waals surface area contributed by atoms with Gasteiger partial charge in [0.2, 0.25) is 0 Å². The summed E-state index contributed by atoms with van der Waals surface area (Å²) in [6.45, 7) is 4.20. The number of rotatable bonds is 3. The zero-order valence-electron chi connectivity index (χ0n) is 13.8. The van der Waals surface area contributed by atoms with Crippen molar-refractivity contribution in [1.29, 1.82) is 0 Å². The normalized spacial score (nSPS) is 11.0. The van der Waals surface area contributed by atoms with Crippen molar-refractivity contribution in [2.75, 3.05) is 7.11 Å². The summed E-state index contributed by atoms with van der Waals surface area (Å²) >= 11 is 0. The molecule has 3 rings (SSSR count). The summed E-state index contributed by atoms with van der Waals surface area (Å²) < 4.78 is 10.1. The average molecular weight is 322 g/mol. The molecular weight excluding hydrogens is 304 g/mol. The smallest absolute Gasteiger partial charge is 0.337 e. The zero-order chi connectivity index (χ0) is 17.3. The van der Waals surface area contributed by atoms with Crippen molar-refractivity contribution in [2.45, 2.75) is 19.8 Å². The van der Waals surface area contributed by atoms with Gasteiger partial charge in [-0.3, -0.25) is 0 Å². The van der Waals surface area contributed by atoms with E-state index < -0.39 is 0 Å². The molecule has 4 nitrogen and oxygen atoms in total. The lowest BCUT2D eigenvalue weighted by atomic mass is 10.0. The Hall–Kier alpha value is -2.88. The lowest BCUT2D eigenvalue weighted by Crippen LogP contribution is -2.00. The molecule has 0 spiro atoms. The van der Waals surface area contributed by atoms with Gasteiger partial charge in [-0.15, -0.1) is 0 Å². The molecule has 4 heteroatoms. The summed E-state index contributed by atoms with van der Waals surface area (Å²) in [5, 5.41) is 0. The average Bonchev–Trinajstić information content (AvgIpc) is 2.84. The number of esters is 1. The molecule has 0 atom stereocenters. The van der Waals surface area contributed by atoms with Crippen molar-refractivity contribution in [3.63, 3.8) is 0 Å². The topological polar surface area (TPSA) is 56.5 Å². The van der Waals surface area contributed by atoms with E-state index in [2.05, 4.69) is 13.8 Å². The minimum atomic E-state index is -0.382. The highest BCUT2D eigenvalue weighted by Gasteiger charge is 2.16. The number of ether oxygens (including phenoxy) is 1. The van der Waals surface area contributed by atoms with E-state index in [4.69, 9.17) is 9.15 Å². The number of carbonyl (C=O) groups is 1. The first-order valence-electron chi connectivity index (χ1n) is 7.76. The minimum absolute atomic E-state index is 0.333. The van der Waals surface area contributed by atoms with E-state index in [1.54, 1.807) is 12.1 Å². The molecule has 0 saturated carbocycles. The number of carbonyl (C=O) groups excluding carboxylic acids is 1. The highest BCUT2D eigenvalue weighted by molar-refractivity contribution is 5.90. The highest BCUT2D eigenvalue weighted by atomic mass is 16.5. The largest absolute Gasteiger partial charge is 0.465 e. The fourth-order valence-electron chi connectivity index (χ4n) is 2.67. The molecule has 0 amide bonds. The monoisotopic (exact) mass is 322 g/mol. The van der Waals surface area contributed by atoms with Gasteiger partial charge in [-0.05, 0) is 35.2 Å². The second-order valence-corrected chi connectivity index (χ2v) is 5.96. The maximum atomic E-state index is 11.7. The Labute approximate surface area is 140 Å². The van der Waals surface area contributed by atoms with Gasteiger partial charge in [-0.2, -0.15) is 0 Å². The van der Waals surface area contributed by atoms with E-state index in [9.17, 15) is 9.59 Å². The van der Waals surface area contributed by atoms with Gasteiger partial charge in [-0.1, -0.05) is 38.1 Å². The molecule has 1 aliphatic heterocycles. The van der Waals surface area contributed by atoms with E-state index >= 15 is 0 Å². The van der Waals surface area contributed by atoms with Crippen molar-refractivity contribution in [1.82, 2.24) is 0 Å². The maximum Gasteiger partial charge on any atom is 0.337 e. The van der Waals surface area contributed by atoms with Gasteiger partial charge < -0.3 is 9.15 Å². The molecule has 0 radical (unpaired) electrons. The molecule has 1 heterocycles. The van der Waals surface area contributed by atoms with Crippen LogP contribution in [0.4, 0.5) is 0 Å². The van der Waals surface area contributed by atoms with Crippen LogP contribution in [-0.2, 0) is 4.74 Å². The van der Waals surface area contributed by atoms with Crippen LogP contribution in [-0.4, -0.2) is 13.1 Å². The van der Waals surface area contributed by atoms with Crippen LogP contribution in [0.15, 0.2) is 57.7 Å². The predicted molar refractivity (Wildman–Crippen MR) is 92.5 cm³/mol. The van der Waals surface area contributed by atoms with Crippen LogP contribution in [0.1, 0.15) is 35.7 Å². The Morgan fingerprint density at radius 2 is 1.71 bits per heavy atom. The molecule has 0 N–H and O–H groups in total. The van der Waals surface area contributed by atoms with Crippen LogP contribution in [0.2, 0.25) is 0 Å². The second-order valence-electron chi connectivity index (χ2n) is 5.96. The minimum Gasteiger partial charge on any atom is -0.465 e. The van der Waals surface area contributed by atoms with Gasteiger partial charge >= 0.3 is 11.6 Å². The van der Waals surface area contributed by atoms with Crippen molar-refractivity contribution in [2.24, 2.45) is 0 Å². The number of hydrogen-bond donors (Lipinski definition) is 0. The van der Waals surface area contributed by atoms with E-state index in [1.807, 2.05) is 30.3 Å². The maximum absolute atomic E-state index is 11.7. The lowest BCUT2D eigenvalue weighted by molar-refractivity contribution is 0.0601. The van der Waals surface area contributed by atoms with Crippen LogP contribution in [0.3, 0.4) is 0 Å². The van der Waals surface area contributed by atoms with E-state index in [0.717, 1.165) is 22.3 Å². The van der Waals surface area contributed by atoms with Crippen LogP contribution >= 0.6 is 0 Å². The Morgan fingerprint density at radius 3 is 2.33 bits per heavy atom. The molecule has 24 heavy (non-hydrogen) atoms. The van der Waals surface area contributed by atoms with Crippen molar-refractivity contribution < 1.29 is 13.9 Å². The van der Waals surface area contributed by atoms with Gasteiger partial charge in [0.25, 0.3) is 0 Å². The summed E-state index contributed by atoms with van der Waals surface area (Å²) in [5.41, 5.74) is 3.70. The Balaban J connectivity index is 2.16. The molecule has 1 aliphatic carbocycles. The second kappa shape index (κ2) is 6.32. The fraction of sp³-hybridized carbons (Fsp3) is 0.200. The van der Waals surface area contributed by atoms with Gasteiger partial charge in [-0.25, -0.2) is 9.59 Å². The third kappa shape index (κ3) is 2.95. The van der Waals surface area contributed by atoms with E-state index in [-0.39, 0.29) is 11.6 Å². The first-order valence-corrected chi connectivity index (χ1v) is 7.76. The van der Waals surface area contributed by atoms with Gasteiger partial charge in [0.1, 0.15) is 5.76 Å². The molecular formula is C20H18O4. The van der Waals surface area contributed by atoms with Crippen LogP contribution < -0.4 is 5.63 Å². The number of benzene rings is 1. The molecule has 2 aliphatic rings. The Bertz CT molecular complexity index is 904. The van der Waals surface area contributed by atoms with E-state index in [0.29, 0.717) is 17.2 Å². The molecule has 0 bridgehead atoms. The van der Waals surface area contributed by atoms with Crippen molar-refractivity contribution in [3.05, 3.63) is 70.1 Å². The van der Waals surface area contributed by atoms with Crippen molar-refractivity contribution >= 4 is 5.97 Å².